The van der Waals surface area contributed by atoms with Crippen molar-refractivity contribution in [3.63, 3.8) is 0 Å². The normalized spacial score (nSPS) is 10.4. The summed E-state index contributed by atoms with van der Waals surface area (Å²) in [6, 6.07) is 53.1. The Morgan fingerprint density at radius 3 is 0.783 bits per heavy atom. The predicted octanol–water partition coefficient (Wildman–Crippen LogP) is 10.5. The molecule has 0 atom stereocenters. The number of para-hydroxylation sites is 6. The van der Waals surface area contributed by atoms with Crippen LogP contribution in [-0.4, -0.2) is 15.0 Å². The number of rotatable bonds is 3. The predicted molar refractivity (Wildman–Crippen MR) is 178 cm³/mol. The van der Waals surface area contributed by atoms with Crippen LogP contribution in [0.3, 0.4) is 0 Å². The molecule has 9 aromatic rings. The van der Waals surface area contributed by atoms with Crippen molar-refractivity contribution in [3.05, 3.63) is 164 Å². The summed E-state index contributed by atoms with van der Waals surface area (Å²) in [5.74, 6) is 2.03. The third-order valence-electron chi connectivity index (χ3n) is 6.94. The molecule has 6 nitrogen and oxygen atoms in total. The zero-order valence-electron chi connectivity index (χ0n) is 24.5. The van der Waals surface area contributed by atoms with Crippen LogP contribution < -0.4 is 0 Å². The molecule has 0 saturated heterocycles. The van der Waals surface area contributed by atoms with Gasteiger partial charge >= 0.3 is 20.1 Å². The molecule has 9 rings (SSSR count). The molecule has 0 bridgehead atoms. The van der Waals surface area contributed by atoms with E-state index in [1.165, 1.54) is 0 Å². The van der Waals surface area contributed by atoms with Gasteiger partial charge in [0, 0.05) is 16.7 Å². The molecule has 6 aromatic carbocycles. The van der Waals surface area contributed by atoms with Gasteiger partial charge in [0.15, 0.2) is 16.7 Å². The second-order valence-corrected chi connectivity index (χ2v) is 10.1. The summed E-state index contributed by atoms with van der Waals surface area (Å²) in [5.41, 5.74) is 8.21. The van der Waals surface area contributed by atoms with Crippen molar-refractivity contribution in [1.29, 1.82) is 0 Å². The molecule has 0 spiro atoms. The van der Waals surface area contributed by atoms with Gasteiger partial charge in [-0.2, -0.15) is 0 Å². The van der Waals surface area contributed by atoms with E-state index < -0.39 is 0 Å². The minimum atomic E-state index is 0. The van der Waals surface area contributed by atoms with E-state index in [1.807, 2.05) is 164 Å². The van der Waals surface area contributed by atoms with Crippen molar-refractivity contribution in [2.75, 3.05) is 0 Å². The molecule has 0 amide bonds. The third kappa shape index (κ3) is 7.02. The number of oxazole rings is 3. The summed E-state index contributed by atoms with van der Waals surface area (Å²) in [4.78, 5) is 13.2. The van der Waals surface area contributed by atoms with E-state index in [4.69, 9.17) is 13.3 Å². The van der Waals surface area contributed by atoms with Crippen LogP contribution in [-0.2, 0) is 20.1 Å². The molecule has 3 aromatic heterocycles. The fourth-order valence-corrected chi connectivity index (χ4v) is 4.73. The Labute approximate surface area is 278 Å². The molecule has 7 heteroatoms. The van der Waals surface area contributed by atoms with Gasteiger partial charge in [0.25, 0.3) is 0 Å². The summed E-state index contributed by atoms with van der Waals surface area (Å²) >= 11 is 0. The van der Waals surface area contributed by atoms with Crippen LogP contribution in [0.4, 0.5) is 0 Å². The molecule has 0 saturated carbocycles. The number of hydrogen-bond donors (Lipinski definition) is 0. The van der Waals surface area contributed by atoms with E-state index in [9.17, 15) is 0 Å². The van der Waals surface area contributed by atoms with E-state index in [0.29, 0.717) is 17.7 Å². The Morgan fingerprint density at radius 2 is 0.522 bits per heavy atom. The van der Waals surface area contributed by atoms with Crippen LogP contribution in [0.15, 0.2) is 177 Å². The van der Waals surface area contributed by atoms with Crippen molar-refractivity contribution in [3.8, 4) is 34.4 Å². The SMILES string of the molecule is [Ir+3].c1ccc(-c2nc3ccccc3o2)cc1.c1ccc(-c2nc3ccccc3o2)cc1.c1ccc(-c2nc3ccccc3o2)cc1. The maximum atomic E-state index is 5.64. The van der Waals surface area contributed by atoms with E-state index in [0.717, 1.165) is 50.0 Å². The zero-order chi connectivity index (χ0) is 30.3. The van der Waals surface area contributed by atoms with Crippen LogP contribution in [0.1, 0.15) is 0 Å². The molecule has 0 fully saturated rings. The number of benzene rings is 6. The molecule has 46 heavy (non-hydrogen) atoms. The standard InChI is InChI=1S/3C13H9NO.Ir/c3*1-2-6-10(7-3-1)13-14-11-8-4-5-9-12(11)15-13;/h3*1-9H;/q;;;+3. The summed E-state index contributed by atoms with van der Waals surface area (Å²) in [5, 5.41) is 0. The first-order valence-electron chi connectivity index (χ1n) is 14.5. The molecule has 0 aliphatic heterocycles. The Bertz CT molecular complexity index is 1920. The fraction of sp³-hybridized carbons (Fsp3) is 0. The van der Waals surface area contributed by atoms with Gasteiger partial charge in [0.1, 0.15) is 16.6 Å². The third-order valence-corrected chi connectivity index (χ3v) is 6.94. The van der Waals surface area contributed by atoms with Crippen molar-refractivity contribution in [2.45, 2.75) is 0 Å². The van der Waals surface area contributed by atoms with Crippen molar-refractivity contribution >= 4 is 33.3 Å². The smallest absolute Gasteiger partial charge is 0.436 e. The maximum Gasteiger partial charge on any atom is 3.00 e. The Kier molecular flexibility index (Phi) is 9.55. The van der Waals surface area contributed by atoms with Crippen LogP contribution in [0.5, 0.6) is 0 Å². The fourth-order valence-electron chi connectivity index (χ4n) is 4.73. The number of aromatic nitrogens is 3. The van der Waals surface area contributed by atoms with E-state index >= 15 is 0 Å². The minimum absolute atomic E-state index is 0. The molecule has 0 unspecified atom stereocenters. The largest absolute Gasteiger partial charge is 3.00 e. The van der Waals surface area contributed by atoms with Crippen LogP contribution >= 0.6 is 0 Å². The van der Waals surface area contributed by atoms with Gasteiger partial charge < -0.3 is 13.3 Å². The van der Waals surface area contributed by atoms with Gasteiger partial charge in [-0.3, -0.25) is 0 Å². The average molecular weight is 778 g/mol. The monoisotopic (exact) mass is 778 g/mol. The first kappa shape index (κ1) is 30.4. The summed E-state index contributed by atoms with van der Waals surface area (Å²) in [7, 11) is 0. The molecule has 0 N–H and O–H groups in total. The Morgan fingerprint density at radius 1 is 0.283 bits per heavy atom. The molecule has 222 valence electrons. The Hall–Kier alpha value is -5.62. The number of fused-ring (bicyclic) bond motifs is 3. The van der Waals surface area contributed by atoms with Crippen LogP contribution in [0.25, 0.3) is 67.7 Å². The van der Waals surface area contributed by atoms with Crippen LogP contribution in [0.2, 0.25) is 0 Å². The van der Waals surface area contributed by atoms with Gasteiger partial charge in [0.2, 0.25) is 17.7 Å². The Balaban J connectivity index is 0.000000120. The quantitative estimate of drug-likeness (QED) is 0.178. The van der Waals surface area contributed by atoms with Gasteiger partial charge in [-0.25, -0.2) is 15.0 Å². The zero-order valence-corrected chi connectivity index (χ0v) is 26.9. The second-order valence-electron chi connectivity index (χ2n) is 10.1. The van der Waals surface area contributed by atoms with E-state index in [2.05, 4.69) is 15.0 Å². The molecule has 0 radical (unpaired) electrons. The van der Waals surface area contributed by atoms with E-state index in [-0.39, 0.29) is 20.1 Å². The maximum absolute atomic E-state index is 5.64. The number of nitrogens with zero attached hydrogens (tertiary/aromatic N) is 3. The molecule has 3 heterocycles. The average Bonchev–Trinajstić information content (AvgIpc) is 3.87. The van der Waals surface area contributed by atoms with E-state index in [1.54, 1.807) is 0 Å². The summed E-state index contributed by atoms with van der Waals surface area (Å²) in [6.07, 6.45) is 0. The van der Waals surface area contributed by atoms with Crippen LogP contribution in [0, 0.1) is 0 Å². The van der Waals surface area contributed by atoms with Crippen molar-refractivity contribution in [1.82, 2.24) is 15.0 Å². The van der Waals surface area contributed by atoms with Gasteiger partial charge in [-0.05, 0) is 72.8 Å². The molecule has 0 aliphatic rings. The van der Waals surface area contributed by atoms with Gasteiger partial charge in [-0.1, -0.05) is 91.0 Å². The summed E-state index contributed by atoms with van der Waals surface area (Å²) in [6.45, 7) is 0. The molecule has 0 aliphatic carbocycles. The molecular weight excluding hydrogens is 751 g/mol. The second kappa shape index (κ2) is 14.4. The topological polar surface area (TPSA) is 78.1 Å². The first-order valence-corrected chi connectivity index (χ1v) is 14.5. The summed E-state index contributed by atoms with van der Waals surface area (Å²) < 4.78 is 16.9. The van der Waals surface area contributed by atoms with Crippen molar-refractivity contribution < 1.29 is 33.4 Å². The first-order chi connectivity index (χ1) is 22.3. The van der Waals surface area contributed by atoms with Gasteiger partial charge in [0.05, 0.1) is 0 Å². The number of hydrogen-bond acceptors (Lipinski definition) is 6. The van der Waals surface area contributed by atoms with Gasteiger partial charge in [-0.15, -0.1) is 0 Å². The van der Waals surface area contributed by atoms with Crippen molar-refractivity contribution in [2.24, 2.45) is 0 Å². The minimum Gasteiger partial charge on any atom is -0.436 e. The molecular formula is C39H27IrN3O3+3.